The number of hydrogen-bond acceptors (Lipinski definition) is 4. The maximum atomic E-state index is 9.27. The molecular formula is C15H10BNO3. The van der Waals surface area contributed by atoms with Crippen molar-refractivity contribution in [1.29, 1.82) is 0 Å². The Morgan fingerprint density at radius 2 is 1.35 bits per heavy atom. The predicted octanol–water partition coefficient (Wildman–Crippen LogP) is 1.81. The molecule has 20 heavy (non-hydrogen) atoms. The molecule has 0 spiro atoms. The number of rotatable bonds is 1. The minimum absolute atomic E-state index is 0.0819. The number of oxazole rings is 1. The fraction of sp³-hybridized carbons (Fsp3) is 0. The monoisotopic (exact) mass is 263 g/mol. The van der Waals surface area contributed by atoms with E-state index in [1.54, 1.807) is 0 Å². The molecule has 3 aromatic carbocycles. The van der Waals surface area contributed by atoms with E-state index < -0.39 is 7.12 Å². The van der Waals surface area contributed by atoms with Crippen molar-refractivity contribution < 1.29 is 14.5 Å². The first-order valence-electron chi connectivity index (χ1n) is 6.32. The summed E-state index contributed by atoms with van der Waals surface area (Å²) in [5, 5.41) is 22.5. The van der Waals surface area contributed by atoms with E-state index in [1.165, 1.54) is 0 Å². The van der Waals surface area contributed by atoms with E-state index in [0.717, 1.165) is 21.5 Å². The van der Waals surface area contributed by atoms with Crippen molar-refractivity contribution in [3.05, 3.63) is 48.5 Å². The molecule has 5 heteroatoms. The molecule has 0 aliphatic heterocycles. The van der Waals surface area contributed by atoms with Crippen LogP contribution in [0.5, 0.6) is 0 Å². The first kappa shape index (κ1) is 11.5. The van der Waals surface area contributed by atoms with Gasteiger partial charge in [0.15, 0.2) is 5.58 Å². The van der Waals surface area contributed by atoms with Gasteiger partial charge in [-0.3, -0.25) is 0 Å². The number of hydrogen-bond donors (Lipinski definition) is 2. The van der Waals surface area contributed by atoms with E-state index >= 15 is 0 Å². The summed E-state index contributed by atoms with van der Waals surface area (Å²) in [7, 11) is -1.71. The van der Waals surface area contributed by atoms with Crippen molar-refractivity contribution in [2.75, 3.05) is 0 Å². The number of benzene rings is 3. The third-order valence-electron chi connectivity index (χ3n) is 3.51. The van der Waals surface area contributed by atoms with Gasteiger partial charge < -0.3 is 14.5 Å². The molecule has 0 aliphatic rings. The van der Waals surface area contributed by atoms with Crippen LogP contribution < -0.4 is 5.79 Å². The van der Waals surface area contributed by atoms with Crippen LogP contribution in [0.1, 0.15) is 0 Å². The molecule has 0 saturated heterocycles. The van der Waals surface area contributed by atoms with Crippen molar-refractivity contribution in [2.24, 2.45) is 0 Å². The fourth-order valence-electron chi connectivity index (χ4n) is 2.65. The van der Waals surface area contributed by atoms with Gasteiger partial charge in [0.25, 0.3) is 0 Å². The zero-order valence-electron chi connectivity index (χ0n) is 10.4. The predicted molar refractivity (Wildman–Crippen MR) is 78.8 cm³/mol. The lowest BCUT2D eigenvalue weighted by atomic mass is 9.93. The van der Waals surface area contributed by atoms with E-state index in [-0.39, 0.29) is 5.79 Å². The topological polar surface area (TPSA) is 66.5 Å². The summed E-state index contributed by atoms with van der Waals surface area (Å²) < 4.78 is 5.54. The van der Waals surface area contributed by atoms with Gasteiger partial charge in [-0.05, 0) is 10.8 Å². The lowest BCUT2D eigenvalue weighted by molar-refractivity contribution is 0.410. The average Bonchev–Trinajstić information content (AvgIpc) is 2.93. The van der Waals surface area contributed by atoms with Gasteiger partial charge in [-0.2, -0.15) is 0 Å². The van der Waals surface area contributed by atoms with E-state index in [1.807, 2.05) is 48.5 Å². The van der Waals surface area contributed by atoms with Gasteiger partial charge in [-0.15, -0.1) is 0 Å². The van der Waals surface area contributed by atoms with Crippen LogP contribution in [0.15, 0.2) is 52.9 Å². The number of nitrogens with zero attached hydrogens (tertiary/aromatic N) is 1. The Labute approximate surface area is 114 Å². The quantitative estimate of drug-likeness (QED) is 0.406. The van der Waals surface area contributed by atoms with Crippen molar-refractivity contribution in [3.8, 4) is 0 Å². The minimum atomic E-state index is -1.71. The summed E-state index contributed by atoms with van der Waals surface area (Å²) in [5.41, 5.74) is 1.24. The number of fused-ring (bicyclic) bond motifs is 6. The van der Waals surface area contributed by atoms with Crippen molar-refractivity contribution in [2.45, 2.75) is 0 Å². The highest BCUT2D eigenvalue weighted by atomic mass is 16.4. The summed E-state index contributed by atoms with van der Waals surface area (Å²) in [6.45, 7) is 0. The van der Waals surface area contributed by atoms with E-state index in [9.17, 15) is 10.0 Å². The Morgan fingerprint density at radius 1 is 0.800 bits per heavy atom. The minimum Gasteiger partial charge on any atom is -0.443 e. The molecule has 4 aromatic rings. The van der Waals surface area contributed by atoms with Crippen molar-refractivity contribution in [1.82, 2.24) is 4.98 Å². The third kappa shape index (κ3) is 1.48. The molecule has 4 rings (SSSR count). The lowest BCUT2D eigenvalue weighted by Crippen LogP contribution is -2.30. The maximum absolute atomic E-state index is 9.27. The van der Waals surface area contributed by atoms with Gasteiger partial charge in [0.1, 0.15) is 5.52 Å². The number of aromatic nitrogens is 1. The van der Waals surface area contributed by atoms with Crippen LogP contribution in [0.2, 0.25) is 0 Å². The Kier molecular flexibility index (Phi) is 2.33. The molecule has 0 amide bonds. The van der Waals surface area contributed by atoms with Crippen LogP contribution in [-0.4, -0.2) is 22.2 Å². The average molecular weight is 263 g/mol. The second-order valence-corrected chi connectivity index (χ2v) is 4.69. The molecular weight excluding hydrogens is 253 g/mol. The molecule has 2 N–H and O–H groups in total. The molecule has 1 aromatic heterocycles. The van der Waals surface area contributed by atoms with Crippen LogP contribution in [0.3, 0.4) is 0 Å². The molecule has 1 heterocycles. The molecule has 96 valence electrons. The largest absolute Gasteiger partial charge is 0.548 e. The summed E-state index contributed by atoms with van der Waals surface area (Å²) in [6.07, 6.45) is 0. The van der Waals surface area contributed by atoms with Crippen LogP contribution >= 0.6 is 0 Å². The summed E-state index contributed by atoms with van der Waals surface area (Å²) in [6, 6.07) is 15.8. The maximum Gasteiger partial charge on any atom is 0.548 e. The normalized spacial score (nSPS) is 11.5. The molecule has 0 saturated carbocycles. The highest BCUT2D eigenvalue weighted by molar-refractivity contribution is 6.56. The molecule has 4 nitrogen and oxygen atoms in total. The third-order valence-corrected chi connectivity index (χ3v) is 3.51. The first-order chi connectivity index (χ1) is 9.75. The Balaban J connectivity index is 2.32. The van der Waals surface area contributed by atoms with Gasteiger partial charge in [0.05, 0.1) is 0 Å². The van der Waals surface area contributed by atoms with Crippen LogP contribution in [0.4, 0.5) is 0 Å². The second-order valence-electron chi connectivity index (χ2n) is 4.69. The standard InChI is InChI=1S/C15H10BNO3/c18-16(19)15-17-13-11-7-3-1-5-9(11)10-6-2-4-8-12(10)14(13)20-15/h1-8,18-19H. The Morgan fingerprint density at radius 3 is 2.00 bits per heavy atom. The second kappa shape index (κ2) is 4.06. The highest BCUT2D eigenvalue weighted by Gasteiger charge is 2.22. The van der Waals surface area contributed by atoms with Crippen LogP contribution in [0.25, 0.3) is 32.6 Å². The summed E-state index contributed by atoms with van der Waals surface area (Å²) in [4.78, 5) is 4.22. The molecule has 0 aliphatic carbocycles. The zero-order chi connectivity index (χ0) is 13.7. The summed E-state index contributed by atoms with van der Waals surface area (Å²) >= 11 is 0. The first-order valence-corrected chi connectivity index (χ1v) is 6.32. The van der Waals surface area contributed by atoms with E-state index in [2.05, 4.69) is 4.98 Å². The Hall–Kier alpha value is -2.37. The zero-order valence-corrected chi connectivity index (χ0v) is 10.4. The van der Waals surface area contributed by atoms with E-state index in [4.69, 9.17) is 4.42 Å². The van der Waals surface area contributed by atoms with Gasteiger partial charge >= 0.3 is 7.12 Å². The van der Waals surface area contributed by atoms with Gasteiger partial charge in [-0.1, -0.05) is 48.5 Å². The van der Waals surface area contributed by atoms with Gasteiger partial charge in [0, 0.05) is 10.8 Å². The molecule has 0 radical (unpaired) electrons. The van der Waals surface area contributed by atoms with Gasteiger partial charge in [0.2, 0.25) is 5.79 Å². The smallest absolute Gasteiger partial charge is 0.443 e. The molecule has 0 bridgehead atoms. The SMILES string of the molecule is OB(O)c1nc2c3ccccc3c3ccccc3c2o1. The molecule has 0 atom stereocenters. The highest BCUT2D eigenvalue weighted by Crippen LogP contribution is 2.33. The van der Waals surface area contributed by atoms with Crippen molar-refractivity contribution in [3.63, 3.8) is 0 Å². The van der Waals surface area contributed by atoms with Gasteiger partial charge in [-0.25, -0.2) is 4.98 Å². The fourth-order valence-corrected chi connectivity index (χ4v) is 2.65. The summed E-state index contributed by atoms with van der Waals surface area (Å²) in [5.74, 6) is -0.0819. The molecule has 0 fully saturated rings. The van der Waals surface area contributed by atoms with Crippen LogP contribution in [0, 0.1) is 0 Å². The van der Waals surface area contributed by atoms with Crippen molar-refractivity contribution >= 4 is 45.6 Å². The Bertz CT molecular complexity index is 873. The van der Waals surface area contributed by atoms with Crippen LogP contribution in [-0.2, 0) is 0 Å². The van der Waals surface area contributed by atoms with E-state index in [0.29, 0.717) is 11.1 Å². The molecule has 0 unspecified atom stereocenters. The lowest BCUT2D eigenvalue weighted by Gasteiger charge is -2.04.